The van der Waals surface area contributed by atoms with Crippen LogP contribution in [0.15, 0.2) is 6.33 Å². The molecule has 1 heterocycles. The molecule has 0 aromatic carbocycles. The van der Waals surface area contributed by atoms with Crippen molar-refractivity contribution in [2.24, 2.45) is 11.7 Å². The Bertz CT molecular complexity index is 346. The first-order valence-electron chi connectivity index (χ1n) is 7.57. The third-order valence-electron chi connectivity index (χ3n) is 3.43. The van der Waals surface area contributed by atoms with Crippen LogP contribution in [0, 0.1) is 5.92 Å². The molecule has 0 saturated heterocycles. The third kappa shape index (κ3) is 7.23. The molecule has 0 spiro atoms. The number of nitrogens with zero attached hydrogens (tertiary/aromatic N) is 2. The molecule has 1 aromatic heterocycles. The van der Waals surface area contributed by atoms with Gasteiger partial charge in [0.2, 0.25) is 5.91 Å². The number of rotatable bonds is 11. The van der Waals surface area contributed by atoms with Gasteiger partial charge in [0.1, 0.15) is 12.2 Å². The SMILES string of the molecule is CCCC(CCN)CCC(=O)NCCCc1ncn[nH]1. The summed E-state index contributed by atoms with van der Waals surface area (Å²) >= 11 is 0. The average Bonchev–Trinajstić information content (AvgIpc) is 2.95. The normalized spacial score (nSPS) is 12.3. The summed E-state index contributed by atoms with van der Waals surface area (Å²) in [5.74, 6) is 1.59. The van der Waals surface area contributed by atoms with Gasteiger partial charge in [-0.05, 0) is 31.7 Å². The highest BCUT2D eigenvalue weighted by molar-refractivity contribution is 5.75. The lowest BCUT2D eigenvalue weighted by atomic mass is 9.94. The van der Waals surface area contributed by atoms with Gasteiger partial charge in [-0.3, -0.25) is 9.89 Å². The molecule has 6 heteroatoms. The molecule has 0 aliphatic rings. The number of H-pyrrole nitrogens is 1. The predicted octanol–water partition coefficient (Wildman–Crippen LogP) is 1.40. The number of nitrogens with one attached hydrogen (secondary N) is 2. The molecule has 0 aliphatic heterocycles. The summed E-state index contributed by atoms with van der Waals surface area (Å²) in [5.41, 5.74) is 5.60. The van der Waals surface area contributed by atoms with Crippen LogP contribution in [0.4, 0.5) is 0 Å². The minimum atomic E-state index is 0.140. The summed E-state index contributed by atoms with van der Waals surface area (Å²) in [6, 6.07) is 0. The van der Waals surface area contributed by atoms with Crippen molar-refractivity contribution in [1.82, 2.24) is 20.5 Å². The number of carbonyl (C=O) groups excluding carboxylic acids is 1. The van der Waals surface area contributed by atoms with E-state index < -0.39 is 0 Å². The van der Waals surface area contributed by atoms with E-state index in [4.69, 9.17) is 5.73 Å². The zero-order valence-corrected chi connectivity index (χ0v) is 12.4. The summed E-state index contributed by atoms with van der Waals surface area (Å²) in [7, 11) is 0. The second-order valence-electron chi connectivity index (χ2n) is 5.16. The maximum absolute atomic E-state index is 11.7. The number of amides is 1. The van der Waals surface area contributed by atoms with Crippen LogP contribution in [-0.4, -0.2) is 34.2 Å². The van der Waals surface area contributed by atoms with Gasteiger partial charge < -0.3 is 11.1 Å². The van der Waals surface area contributed by atoms with Crippen LogP contribution in [0.3, 0.4) is 0 Å². The number of hydrogen-bond acceptors (Lipinski definition) is 4. The Balaban J connectivity index is 2.07. The largest absolute Gasteiger partial charge is 0.356 e. The van der Waals surface area contributed by atoms with Crippen LogP contribution in [0.5, 0.6) is 0 Å². The van der Waals surface area contributed by atoms with E-state index >= 15 is 0 Å². The predicted molar refractivity (Wildman–Crippen MR) is 79.0 cm³/mol. The molecule has 0 saturated carbocycles. The topological polar surface area (TPSA) is 96.7 Å². The van der Waals surface area contributed by atoms with Gasteiger partial charge in [0, 0.05) is 19.4 Å². The lowest BCUT2D eigenvalue weighted by Crippen LogP contribution is -2.25. The van der Waals surface area contributed by atoms with Crippen LogP contribution in [0.2, 0.25) is 0 Å². The number of carbonyl (C=O) groups is 1. The van der Waals surface area contributed by atoms with E-state index in [1.54, 1.807) is 0 Å². The number of aryl methyl sites for hydroxylation is 1. The van der Waals surface area contributed by atoms with Gasteiger partial charge in [0.05, 0.1) is 0 Å². The van der Waals surface area contributed by atoms with E-state index in [9.17, 15) is 4.79 Å². The molecular formula is C14H27N5O. The number of aromatic amines is 1. The van der Waals surface area contributed by atoms with E-state index in [-0.39, 0.29) is 5.91 Å². The minimum Gasteiger partial charge on any atom is -0.356 e. The lowest BCUT2D eigenvalue weighted by Gasteiger charge is -2.14. The van der Waals surface area contributed by atoms with Crippen LogP contribution in [0.25, 0.3) is 0 Å². The van der Waals surface area contributed by atoms with Crippen molar-refractivity contribution in [2.45, 2.75) is 51.9 Å². The Morgan fingerprint density at radius 3 is 2.95 bits per heavy atom. The molecule has 6 nitrogen and oxygen atoms in total. The second kappa shape index (κ2) is 10.4. The quantitative estimate of drug-likeness (QED) is 0.534. The van der Waals surface area contributed by atoms with Gasteiger partial charge in [-0.2, -0.15) is 5.10 Å². The highest BCUT2D eigenvalue weighted by Crippen LogP contribution is 2.16. The highest BCUT2D eigenvalue weighted by atomic mass is 16.1. The Morgan fingerprint density at radius 2 is 2.30 bits per heavy atom. The molecule has 0 bridgehead atoms. The number of nitrogens with two attached hydrogens (primary N) is 1. The summed E-state index contributed by atoms with van der Waals surface area (Å²) in [4.78, 5) is 15.8. The smallest absolute Gasteiger partial charge is 0.220 e. The van der Waals surface area contributed by atoms with Crippen molar-refractivity contribution in [2.75, 3.05) is 13.1 Å². The van der Waals surface area contributed by atoms with Crippen LogP contribution < -0.4 is 11.1 Å². The highest BCUT2D eigenvalue weighted by Gasteiger charge is 2.09. The first-order valence-corrected chi connectivity index (χ1v) is 7.57. The molecule has 1 unspecified atom stereocenters. The molecule has 1 amide bonds. The van der Waals surface area contributed by atoms with Gasteiger partial charge >= 0.3 is 0 Å². The van der Waals surface area contributed by atoms with Gasteiger partial charge in [-0.25, -0.2) is 4.98 Å². The van der Waals surface area contributed by atoms with Crippen molar-refractivity contribution in [3.63, 3.8) is 0 Å². The molecule has 1 atom stereocenters. The maximum atomic E-state index is 11.7. The summed E-state index contributed by atoms with van der Waals surface area (Å²) in [6.45, 7) is 3.57. The standard InChI is InChI=1S/C14H27N5O/c1-2-4-12(8-9-15)6-7-14(20)16-10-3-5-13-17-11-18-19-13/h11-12H,2-10,15H2,1H3,(H,16,20)(H,17,18,19). The van der Waals surface area contributed by atoms with Crippen molar-refractivity contribution in [3.05, 3.63) is 12.2 Å². The van der Waals surface area contributed by atoms with Crippen molar-refractivity contribution in [1.29, 1.82) is 0 Å². The Hall–Kier alpha value is -1.43. The maximum Gasteiger partial charge on any atom is 0.220 e. The zero-order valence-electron chi connectivity index (χ0n) is 12.4. The number of aromatic nitrogens is 3. The molecule has 0 radical (unpaired) electrons. The van der Waals surface area contributed by atoms with Crippen LogP contribution in [-0.2, 0) is 11.2 Å². The minimum absolute atomic E-state index is 0.140. The fraction of sp³-hybridized carbons (Fsp3) is 0.786. The van der Waals surface area contributed by atoms with Gasteiger partial charge in [0.15, 0.2) is 0 Å². The molecule has 4 N–H and O–H groups in total. The Labute approximate surface area is 120 Å². The fourth-order valence-electron chi connectivity index (χ4n) is 2.34. The van der Waals surface area contributed by atoms with E-state index in [1.165, 1.54) is 6.33 Å². The third-order valence-corrected chi connectivity index (χ3v) is 3.43. The zero-order chi connectivity index (χ0) is 14.6. The van der Waals surface area contributed by atoms with Gasteiger partial charge in [-0.1, -0.05) is 19.8 Å². The molecule has 20 heavy (non-hydrogen) atoms. The molecule has 1 rings (SSSR count). The van der Waals surface area contributed by atoms with Gasteiger partial charge in [0.25, 0.3) is 0 Å². The van der Waals surface area contributed by atoms with E-state index in [0.29, 0.717) is 25.4 Å². The molecule has 114 valence electrons. The summed E-state index contributed by atoms with van der Waals surface area (Å²) < 4.78 is 0. The van der Waals surface area contributed by atoms with E-state index in [0.717, 1.165) is 44.3 Å². The molecule has 0 fully saturated rings. The molecule has 0 aliphatic carbocycles. The van der Waals surface area contributed by atoms with Crippen LogP contribution in [0.1, 0.15) is 51.3 Å². The Kier molecular flexibility index (Phi) is 8.62. The first-order chi connectivity index (χ1) is 9.76. The monoisotopic (exact) mass is 281 g/mol. The number of hydrogen-bond donors (Lipinski definition) is 3. The summed E-state index contributed by atoms with van der Waals surface area (Å²) in [5, 5.41) is 9.55. The first kappa shape index (κ1) is 16.6. The Morgan fingerprint density at radius 1 is 1.45 bits per heavy atom. The van der Waals surface area contributed by atoms with Gasteiger partial charge in [-0.15, -0.1) is 0 Å². The molecular weight excluding hydrogens is 254 g/mol. The van der Waals surface area contributed by atoms with E-state index in [2.05, 4.69) is 27.4 Å². The fourth-order valence-corrected chi connectivity index (χ4v) is 2.34. The average molecular weight is 281 g/mol. The van der Waals surface area contributed by atoms with E-state index in [1.807, 2.05) is 0 Å². The lowest BCUT2D eigenvalue weighted by molar-refractivity contribution is -0.121. The van der Waals surface area contributed by atoms with Crippen LogP contribution >= 0.6 is 0 Å². The second-order valence-corrected chi connectivity index (χ2v) is 5.16. The van der Waals surface area contributed by atoms with Crippen molar-refractivity contribution in [3.8, 4) is 0 Å². The molecule has 1 aromatic rings. The van der Waals surface area contributed by atoms with Crippen molar-refractivity contribution < 1.29 is 4.79 Å². The summed E-state index contributed by atoms with van der Waals surface area (Å²) in [6.07, 6.45) is 8.07. The van der Waals surface area contributed by atoms with Crippen molar-refractivity contribution >= 4 is 5.91 Å².